The van der Waals surface area contributed by atoms with Gasteiger partial charge in [-0.3, -0.25) is 0 Å². The van der Waals surface area contributed by atoms with Crippen LogP contribution in [0.4, 0.5) is 0 Å². The molecule has 0 radical (unpaired) electrons. The molecule has 12 aromatic rings. The molecule has 254 valence electrons. The van der Waals surface area contributed by atoms with E-state index in [1.165, 1.54) is 131 Å². The zero-order valence-corrected chi connectivity index (χ0v) is 30.7. The monoisotopic (exact) mass is 694 g/mol. The van der Waals surface area contributed by atoms with Gasteiger partial charge in [-0.15, -0.1) is 0 Å². The molecule has 0 nitrogen and oxygen atoms in total. The third kappa shape index (κ3) is 3.63. The Kier molecular flexibility index (Phi) is 5.53. The summed E-state index contributed by atoms with van der Waals surface area (Å²) in [5, 5.41) is 21.4. The Morgan fingerprint density at radius 1 is 0.291 bits per heavy atom. The van der Waals surface area contributed by atoms with E-state index in [4.69, 9.17) is 0 Å². The van der Waals surface area contributed by atoms with Crippen molar-refractivity contribution in [1.29, 1.82) is 0 Å². The van der Waals surface area contributed by atoms with E-state index in [9.17, 15) is 0 Å². The van der Waals surface area contributed by atoms with Gasteiger partial charge in [0.15, 0.2) is 0 Å². The van der Waals surface area contributed by atoms with Gasteiger partial charge in [-0.1, -0.05) is 159 Å². The molecule has 0 saturated carbocycles. The smallest absolute Gasteiger partial charge is 0.0159 e. The van der Waals surface area contributed by atoms with Gasteiger partial charge in [0.25, 0.3) is 0 Å². The molecular weight excluding hydrogens is 661 g/mol. The summed E-state index contributed by atoms with van der Waals surface area (Å²) in [6.07, 6.45) is 0. The van der Waals surface area contributed by atoms with E-state index in [-0.39, 0.29) is 5.41 Å². The topological polar surface area (TPSA) is 0 Å². The van der Waals surface area contributed by atoms with E-state index in [1.54, 1.807) is 0 Å². The molecule has 0 fully saturated rings. The molecule has 13 rings (SSSR count). The molecular formula is C55H34. The Morgan fingerprint density at radius 2 is 0.818 bits per heavy atom. The second kappa shape index (κ2) is 10.3. The fourth-order valence-electron chi connectivity index (χ4n) is 11.0. The van der Waals surface area contributed by atoms with Crippen molar-refractivity contribution in [3.8, 4) is 33.4 Å². The van der Waals surface area contributed by atoms with Crippen molar-refractivity contribution in [3.05, 3.63) is 181 Å². The summed E-state index contributed by atoms with van der Waals surface area (Å²) in [6.45, 7) is 4.86. The van der Waals surface area contributed by atoms with Crippen LogP contribution in [0.15, 0.2) is 170 Å². The molecule has 1 aliphatic rings. The SMILES string of the molecule is CC1(C)c2cc3ccccc3cc2-c2c1cc1c3c(-c4ccccc4)c4cc5c6ccccc6c6cccc(c4c(-c4ccccc4)c3c3cccc2c13)c65. The van der Waals surface area contributed by atoms with Crippen LogP contribution in [0.3, 0.4) is 0 Å². The van der Waals surface area contributed by atoms with Crippen molar-refractivity contribution in [2.75, 3.05) is 0 Å². The van der Waals surface area contributed by atoms with Crippen molar-refractivity contribution in [1.82, 2.24) is 0 Å². The lowest BCUT2D eigenvalue weighted by molar-refractivity contribution is 0.662. The molecule has 0 unspecified atom stereocenters. The quantitative estimate of drug-likeness (QED) is 0.158. The van der Waals surface area contributed by atoms with Gasteiger partial charge in [-0.25, -0.2) is 0 Å². The second-order valence-corrected chi connectivity index (χ2v) is 16.3. The second-order valence-electron chi connectivity index (χ2n) is 16.3. The maximum atomic E-state index is 2.60. The van der Waals surface area contributed by atoms with Gasteiger partial charge in [0, 0.05) is 5.41 Å². The van der Waals surface area contributed by atoms with Crippen LogP contribution in [0, 0.1) is 0 Å². The minimum absolute atomic E-state index is 0.160. The van der Waals surface area contributed by atoms with Crippen LogP contribution in [0.5, 0.6) is 0 Å². The van der Waals surface area contributed by atoms with Crippen LogP contribution >= 0.6 is 0 Å². The van der Waals surface area contributed by atoms with Crippen LogP contribution in [0.25, 0.3) is 120 Å². The summed E-state index contributed by atoms with van der Waals surface area (Å²) in [6, 6.07) is 64.4. The van der Waals surface area contributed by atoms with Gasteiger partial charge < -0.3 is 0 Å². The fraction of sp³-hybridized carbons (Fsp3) is 0.0545. The van der Waals surface area contributed by atoms with Crippen LogP contribution in [-0.2, 0) is 5.41 Å². The maximum absolute atomic E-state index is 2.60. The van der Waals surface area contributed by atoms with Crippen molar-refractivity contribution in [3.63, 3.8) is 0 Å². The summed E-state index contributed by atoms with van der Waals surface area (Å²) in [5.74, 6) is 0. The number of rotatable bonds is 2. The average Bonchev–Trinajstić information content (AvgIpc) is 3.81. The first kappa shape index (κ1) is 29.7. The Balaban J connectivity index is 1.33. The zero-order valence-electron chi connectivity index (χ0n) is 30.7. The third-order valence-corrected chi connectivity index (χ3v) is 13.3. The lowest BCUT2D eigenvalue weighted by Crippen LogP contribution is -2.14. The van der Waals surface area contributed by atoms with Crippen molar-refractivity contribution < 1.29 is 0 Å². The van der Waals surface area contributed by atoms with Crippen LogP contribution < -0.4 is 0 Å². The Bertz CT molecular complexity index is 3590. The first-order chi connectivity index (χ1) is 27.1. The largest absolute Gasteiger partial charge is 0.0622 e. The van der Waals surface area contributed by atoms with Crippen LogP contribution in [-0.4, -0.2) is 0 Å². The van der Waals surface area contributed by atoms with Crippen molar-refractivity contribution >= 4 is 86.2 Å². The summed E-state index contributed by atoms with van der Waals surface area (Å²) < 4.78 is 0. The molecule has 0 N–H and O–H groups in total. The molecule has 55 heavy (non-hydrogen) atoms. The van der Waals surface area contributed by atoms with Crippen molar-refractivity contribution in [2.24, 2.45) is 0 Å². The highest BCUT2D eigenvalue weighted by atomic mass is 14.4. The standard InChI is InChI=1S/C55H34/c1-55(2)45-28-34-20-10-9-19-33(34)27-42(45)51-38-24-14-26-40-50(38)44(30-46(51)55)54-47(31-15-5-3-6-16-31)43-29-41-36-22-12-11-21-35(36)37-23-13-25-39(49(37)41)52(43)48(53(40)54)32-17-7-4-8-18-32/h3-30H,1-2H3. The van der Waals surface area contributed by atoms with Crippen LogP contribution in [0.2, 0.25) is 0 Å². The highest BCUT2D eigenvalue weighted by Gasteiger charge is 2.38. The van der Waals surface area contributed by atoms with Gasteiger partial charge in [0.2, 0.25) is 0 Å². The molecule has 0 heteroatoms. The minimum Gasteiger partial charge on any atom is -0.0622 e. The molecule has 0 amide bonds. The lowest BCUT2D eigenvalue weighted by atomic mass is 9.80. The molecule has 1 aliphatic carbocycles. The molecule has 0 spiro atoms. The van der Waals surface area contributed by atoms with E-state index in [0.717, 1.165) is 0 Å². The fourth-order valence-corrected chi connectivity index (χ4v) is 11.0. The van der Waals surface area contributed by atoms with Gasteiger partial charge in [-0.2, -0.15) is 0 Å². The molecule has 0 bridgehead atoms. The number of hydrogen-bond donors (Lipinski definition) is 0. The van der Waals surface area contributed by atoms with E-state index in [0.29, 0.717) is 0 Å². The van der Waals surface area contributed by atoms with Gasteiger partial charge >= 0.3 is 0 Å². The maximum Gasteiger partial charge on any atom is 0.0159 e. The summed E-state index contributed by atoms with van der Waals surface area (Å²) in [7, 11) is 0. The zero-order chi connectivity index (χ0) is 36.2. The lowest BCUT2D eigenvalue weighted by Gasteiger charge is -2.22. The predicted molar refractivity (Wildman–Crippen MR) is 237 cm³/mol. The Morgan fingerprint density at radius 3 is 1.55 bits per heavy atom. The third-order valence-electron chi connectivity index (χ3n) is 13.3. The molecule has 0 heterocycles. The van der Waals surface area contributed by atoms with E-state index in [1.807, 2.05) is 0 Å². The number of hydrogen-bond acceptors (Lipinski definition) is 0. The van der Waals surface area contributed by atoms with E-state index >= 15 is 0 Å². The molecule has 0 aromatic heterocycles. The van der Waals surface area contributed by atoms with Gasteiger partial charge in [0.1, 0.15) is 0 Å². The van der Waals surface area contributed by atoms with Crippen LogP contribution in [0.1, 0.15) is 25.0 Å². The predicted octanol–water partition coefficient (Wildman–Crippen LogP) is 15.4. The Hall–Kier alpha value is -6.76. The number of benzene rings is 10. The van der Waals surface area contributed by atoms with Crippen molar-refractivity contribution in [2.45, 2.75) is 19.3 Å². The first-order valence-electron chi connectivity index (χ1n) is 19.5. The highest BCUT2D eigenvalue weighted by Crippen LogP contribution is 2.59. The minimum atomic E-state index is -0.160. The normalized spacial score (nSPS) is 13.8. The van der Waals surface area contributed by atoms with Gasteiger partial charge in [0.05, 0.1) is 0 Å². The summed E-state index contributed by atoms with van der Waals surface area (Å²) in [4.78, 5) is 0. The average molecular weight is 695 g/mol. The molecule has 0 saturated heterocycles. The summed E-state index contributed by atoms with van der Waals surface area (Å²) in [5.41, 5.74) is 10.6. The highest BCUT2D eigenvalue weighted by molar-refractivity contribution is 6.45. The Labute approximate surface area is 318 Å². The molecule has 0 atom stereocenters. The number of fused-ring (bicyclic) bond motifs is 13. The summed E-state index contributed by atoms with van der Waals surface area (Å²) >= 11 is 0. The first-order valence-corrected chi connectivity index (χ1v) is 19.5. The molecule has 12 aromatic carbocycles. The van der Waals surface area contributed by atoms with E-state index in [2.05, 4.69) is 184 Å². The van der Waals surface area contributed by atoms with E-state index < -0.39 is 0 Å². The molecule has 0 aliphatic heterocycles. The van der Waals surface area contributed by atoms with Gasteiger partial charge in [-0.05, 0) is 155 Å².